The van der Waals surface area contributed by atoms with E-state index in [1.54, 1.807) is 38.1 Å². The topological polar surface area (TPSA) is 167 Å². The zero-order valence-electron chi connectivity index (χ0n) is 17.9. The van der Waals surface area contributed by atoms with Gasteiger partial charge in [0, 0.05) is 0 Å². The summed E-state index contributed by atoms with van der Waals surface area (Å²) >= 11 is 0.695. The number of nitrogens with two attached hydrogens (primary N) is 2. The van der Waals surface area contributed by atoms with Gasteiger partial charge in [-0.3, -0.25) is 24.1 Å². The standard InChI is InChI=1S/C20H25N5O6S/c1-4-30-13-9-7-6-8-12(13)25(11(3)19(28)23-10-14(26)31-5-2)20(29)17-15(21)16(18(22)27)24-32-17/h6-9,11H,4-5,10,21H2,1-3H3,(H2,22,27)(H,23,28)/t11-/m0/s1. The molecule has 1 atom stereocenters. The molecule has 0 saturated carbocycles. The van der Waals surface area contributed by atoms with E-state index in [2.05, 4.69) is 9.69 Å². The highest BCUT2D eigenvalue weighted by molar-refractivity contribution is 7.09. The second kappa shape index (κ2) is 11.1. The first-order valence-electron chi connectivity index (χ1n) is 9.76. The summed E-state index contributed by atoms with van der Waals surface area (Å²) in [5.41, 5.74) is 11.1. The number of nitrogens with zero attached hydrogens (tertiary/aromatic N) is 2. The van der Waals surface area contributed by atoms with E-state index in [-0.39, 0.29) is 29.4 Å². The summed E-state index contributed by atoms with van der Waals surface area (Å²) in [5.74, 6) is -2.43. The van der Waals surface area contributed by atoms with E-state index in [4.69, 9.17) is 20.9 Å². The quantitative estimate of drug-likeness (QED) is 0.438. The Bertz CT molecular complexity index is 1010. The maximum absolute atomic E-state index is 13.5. The van der Waals surface area contributed by atoms with Crippen LogP contribution in [0.15, 0.2) is 24.3 Å². The summed E-state index contributed by atoms with van der Waals surface area (Å²) in [7, 11) is 0. The van der Waals surface area contributed by atoms with Crippen LogP contribution in [0.3, 0.4) is 0 Å². The number of nitrogens with one attached hydrogen (secondary N) is 1. The Morgan fingerprint density at radius 2 is 1.88 bits per heavy atom. The maximum atomic E-state index is 13.5. The number of hydrogen-bond donors (Lipinski definition) is 3. The Hall–Kier alpha value is -3.67. The van der Waals surface area contributed by atoms with Crippen molar-refractivity contribution in [3.05, 3.63) is 34.8 Å². The van der Waals surface area contributed by atoms with Gasteiger partial charge in [0.05, 0.1) is 24.6 Å². The van der Waals surface area contributed by atoms with Crippen molar-refractivity contribution in [1.82, 2.24) is 9.69 Å². The highest BCUT2D eigenvalue weighted by Crippen LogP contribution is 2.33. The highest BCUT2D eigenvalue weighted by atomic mass is 32.1. The van der Waals surface area contributed by atoms with Crippen LogP contribution in [-0.2, 0) is 14.3 Å². The molecular weight excluding hydrogens is 438 g/mol. The predicted molar refractivity (Wildman–Crippen MR) is 119 cm³/mol. The van der Waals surface area contributed by atoms with Gasteiger partial charge in [0.15, 0.2) is 5.69 Å². The molecule has 1 aromatic carbocycles. The van der Waals surface area contributed by atoms with Crippen LogP contribution in [0.1, 0.15) is 40.9 Å². The van der Waals surface area contributed by atoms with Gasteiger partial charge in [0.1, 0.15) is 23.2 Å². The van der Waals surface area contributed by atoms with Crippen LogP contribution >= 0.6 is 11.5 Å². The largest absolute Gasteiger partial charge is 0.492 e. The van der Waals surface area contributed by atoms with Crippen LogP contribution in [0.4, 0.5) is 11.4 Å². The molecule has 12 heteroatoms. The zero-order valence-corrected chi connectivity index (χ0v) is 18.7. The van der Waals surface area contributed by atoms with Gasteiger partial charge in [-0.15, -0.1) is 0 Å². The smallest absolute Gasteiger partial charge is 0.325 e. The number of carbonyl (C=O) groups excluding carboxylic acids is 4. The first-order valence-corrected chi connectivity index (χ1v) is 10.5. The first kappa shape index (κ1) is 24.6. The molecule has 0 aliphatic rings. The lowest BCUT2D eigenvalue weighted by Crippen LogP contribution is -2.49. The average molecular weight is 464 g/mol. The third kappa shape index (κ3) is 5.52. The number of primary amides is 1. The molecule has 2 rings (SSSR count). The summed E-state index contributed by atoms with van der Waals surface area (Å²) in [4.78, 5) is 50.5. The summed E-state index contributed by atoms with van der Waals surface area (Å²) in [5, 5.41) is 2.45. The first-order chi connectivity index (χ1) is 15.2. The molecule has 1 heterocycles. The lowest BCUT2D eigenvalue weighted by atomic mass is 10.1. The van der Waals surface area contributed by atoms with Gasteiger partial charge >= 0.3 is 5.97 Å². The Morgan fingerprint density at radius 1 is 1.19 bits per heavy atom. The molecule has 5 N–H and O–H groups in total. The van der Waals surface area contributed by atoms with Crippen molar-refractivity contribution in [2.24, 2.45) is 5.73 Å². The number of carbonyl (C=O) groups is 4. The molecule has 32 heavy (non-hydrogen) atoms. The van der Waals surface area contributed by atoms with Gasteiger partial charge in [0.2, 0.25) is 5.91 Å². The fraction of sp³-hybridized carbons (Fsp3) is 0.350. The molecule has 0 saturated heterocycles. The molecule has 0 unspecified atom stereocenters. The monoisotopic (exact) mass is 463 g/mol. The molecular formula is C20H25N5O6S. The minimum Gasteiger partial charge on any atom is -0.492 e. The number of anilines is 2. The van der Waals surface area contributed by atoms with Crippen molar-refractivity contribution in [2.45, 2.75) is 26.8 Å². The Labute approximate surface area is 188 Å². The number of benzene rings is 1. The highest BCUT2D eigenvalue weighted by Gasteiger charge is 2.33. The van der Waals surface area contributed by atoms with Gasteiger partial charge < -0.3 is 26.3 Å². The number of hydrogen-bond acceptors (Lipinski definition) is 9. The molecule has 0 spiro atoms. The van der Waals surface area contributed by atoms with E-state index < -0.39 is 29.7 Å². The van der Waals surface area contributed by atoms with Crippen LogP contribution in [-0.4, -0.2) is 53.9 Å². The molecule has 0 aliphatic heterocycles. The van der Waals surface area contributed by atoms with E-state index >= 15 is 0 Å². The molecule has 0 bridgehead atoms. The molecule has 0 fully saturated rings. The molecule has 2 aromatic rings. The van der Waals surface area contributed by atoms with Gasteiger partial charge in [-0.25, -0.2) is 0 Å². The minimum absolute atomic E-state index is 0.0601. The lowest BCUT2D eigenvalue weighted by molar-refractivity contribution is -0.143. The normalized spacial score (nSPS) is 11.3. The molecule has 0 radical (unpaired) electrons. The third-order valence-electron chi connectivity index (χ3n) is 4.28. The van der Waals surface area contributed by atoms with Crippen LogP contribution in [0.2, 0.25) is 0 Å². The maximum Gasteiger partial charge on any atom is 0.325 e. The van der Waals surface area contributed by atoms with E-state index in [1.807, 2.05) is 0 Å². The van der Waals surface area contributed by atoms with Crippen LogP contribution < -0.4 is 26.4 Å². The van der Waals surface area contributed by atoms with E-state index in [0.717, 1.165) is 0 Å². The second-order valence-corrected chi connectivity index (χ2v) is 7.19. The van der Waals surface area contributed by atoms with Crippen molar-refractivity contribution >= 4 is 46.6 Å². The third-order valence-corrected chi connectivity index (χ3v) is 5.13. The van der Waals surface area contributed by atoms with Crippen molar-refractivity contribution < 1.29 is 28.7 Å². The van der Waals surface area contributed by atoms with Crippen LogP contribution in [0.25, 0.3) is 0 Å². The number of aromatic nitrogens is 1. The Morgan fingerprint density at radius 3 is 2.47 bits per heavy atom. The number of para-hydroxylation sites is 2. The summed E-state index contributed by atoms with van der Waals surface area (Å²) in [6.07, 6.45) is 0. The fourth-order valence-electron chi connectivity index (χ4n) is 2.80. The molecule has 172 valence electrons. The van der Waals surface area contributed by atoms with Crippen LogP contribution in [0, 0.1) is 0 Å². The van der Waals surface area contributed by atoms with Crippen molar-refractivity contribution in [3.8, 4) is 5.75 Å². The number of ether oxygens (including phenoxy) is 2. The number of amides is 3. The molecule has 3 amide bonds. The lowest BCUT2D eigenvalue weighted by Gasteiger charge is -2.29. The SMILES string of the molecule is CCOC(=O)CNC(=O)[C@H](C)N(C(=O)c1snc(C(N)=O)c1N)c1ccccc1OCC. The van der Waals surface area contributed by atoms with Gasteiger partial charge in [-0.05, 0) is 44.4 Å². The minimum atomic E-state index is -1.09. The molecule has 11 nitrogen and oxygen atoms in total. The Balaban J connectivity index is 2.46. The van der Waals surface area contributed by atoms with Gasteiger partial charge in [-0.1, -0.05) is 12.1 Å². The summed E-state index contributed by atoms with van der Waals surface area (Å²) < 4.78 is 14.3. The molecule has 1 aromatic heterocycles. The average Bonchev–Trinajstić information content (AvgIpc) is 3.15. The molecule has 0 aliphatic carbocycles. The summed E-state index contributed by atoms with van der Waals surface area (Å²) in [6.45, 7) is 5.03. The van der Waals surface area contributed by atoms with Crippen molar-refractivity contribution in [2.75, 3.05) is 30.4 Å². The van der Waals surface area contributed by atoms with E-state index in [1.165, 1.54) is 11.8 Å². The van der Waals surface area contributed by atoms with Crippen LogP contribution in [0.5, 0.6) is 5.75 Å². The van der Waals surface area contributed by atoms with E-state index in [9.17, 15) is 19.2 Å². The van der Waals surface area contributed by atoms with E-state index in [0.29, 0.717) is 29.6 Å². The van der Waals surface area contributed by atoms with Gasteiger partial charge in [0.25, 0.3) is 11.8 Å². The Kier molecular flexibility index (Phi) is 8.53. The second-order valence-electron chi connectivity index (χ2n) is 6.41. The van der Waals surface area contributed by atoms with Gasteiger partial charge in [-0.2, -0.15) is 4.37 Å². The predicted octanol–water partition coefficient (Wildman–Crippen LogP) is 0.938. The summed E-state index contributed by atoms with van der Waals surface area (Å²) in [6, 6.07) is 5.55. The number of nitrogen functional groups attached to an aromatic ring is 1. The van der Waals surface area contributed by atoms with Crippen molar-refractivity contribution in [1.29, 1.82) is 0 Å². The number of esters is 1. The zero-order chi connectivity index (χ0) is 23.8. The fourth-order valence-corrected chi connectivity index (χ4v) is 3.54. The van der Waals surface area contributed by atoms with Crippen molar-refractivity contribution in [3.63, 3.8) is 0 Å². The number of rotatable bonds is 10.